The monoisotopic (exact) mass is 270 g/mol. The summed E-state index contributed by atoms with van der Waals surface area (Å²) in [7, 11) is 0. The van der Waals surface area contributed by atoms with E-state index in [1.54, 1.807) is 9.80 Å². The molecule has 6 nitrogen and oxygen atoms in total. The van der Waals surface area contributed by atoms with Crippen LogP contribution in [0.4, 0.5) is 0 Å². The van der Waals surface area contributed by atoms with Gasteiger partial charge in [-0.25, -0.2) is 0 Å². The predicted molar refractivity (Wildman–Crippen MR) is 68.4 cm³/mol. The molecule has 1 unspecified atom stereocenters. The van der Waals surface area contributed by atoms with Gasteiger partial charge in [0.2, 0.25) is 11.8 Å². The van der Waals surface area contributed by atoms with Gasteiger partial charge >= 0.3 is 0 Å². The molecule has 0 N–H and O–H groups in total. The maximum atomic E-state index is 12.3. The highest BCUT2D eigenvalue weighted by atomic mass is 16.7. The van der Waals surface area contributed by atoms with E-state index in [9.17, 15) is 9.59 Å². The lowest BCUT2D eigenvalue weighted by atomic mass is 10.1. The zero-order chi connectivity index (χ0) is 13.8. The molecular weight excluding hydrogens is 248 g/mol. The number of hydrogen-bond acceptors (Lipinski definition) is 4. The molecule has 2 saturated heterocycles. The molecule has 0 bridgehead atoms. The van der Waals surface area contributed by atoms with Gasteiger partial charge in [0.05, 0.1) is 6.54 Å². The standard InChI is InChI=1S/C13H22N2O4/c1-3-18-12(19-4-2)9-14-8-11(16)15-7-5-6-10(15)13(14)17/h10,12H,3-9H2,1-2H3. The van der Waals surface area contributed by atoms with Gasteiger partial charge in [-0.3, -0.25) is 9.59 Å². The molecule has 2 amide bonds. The van der Waals surface area contributed by atoms with Crippen molar-refractivity contribution in [2.75, 3.05) is 32.8 Å². The Morgan fingerprint density at radius 2 is 1.95 bits per heavy atom. The minimum Gasteiger partial charge on any atom is -0.351 e. The maximum absolute atomic E-state index is 12.3. The molecule has 6 heteroatoms. The van der Waals surface area contributed by atoms with Crippen molar-refractivity contribution in [1.82, 2.24) is 9.80 Å². The quantitative estimate of drug-likeness (QED) is 0.648. The minimum absolute atomic E-state index is 0.0292. The van der Waals surface area contributed by atoms with Crippen LogP contribution in [0.15, 0.2) is 0 Å². The number of piperazine rings is 1. The van der Waals surface area contributed by atoms with E-state index in [1.807, 2.05) is 13.8 Å². The zero-order valence-corrected chi connectivity index (χ0v) is 11.6. The van der Waals surface area contributed by atoms with Crippen LogP contribution < -0.4 is 0 Å². The van der Waals surface area contributed by atoms with E-state index in [1.165, 1.54) is 0 Å². The summed E-state index contributed by atoms with van der Waals surface area (Å²) in [6.07, 6.45) is 1.24. The molecular formula is C13H22N2O4. The first-order valence-corrected chi connectivity index (χ1v) is 6.98. The van der Waals surface area contributed by atoms with Gasteiger partial charge in [0, 0.05) is 19.8 Å². The number of ether oxygens (including phenoxy) is 2. The second-order valence-corrected chi connectivity index (χ2v) is 4.80. The second kappa shape index (κ2) is 6.34. The minimum atomic E-state index is -0.445. The van der Waals surface area contributed by atoms with E-state index in [-0.39, 0.29) is 24.4 Å². The largest absolute Gasteiger partial charge is 0.351 e. The van der Waals surface area contributed by atoms with Crippen LogP contribution in [-0.2, 0) is 19.1 Å². The van der Waals surface area contributed by atoms with Crippen molar-refractivity contribution in [1.29, 1.82) is 0 Å². The van der Waals surface area contributed by atoms with Gasteiger partial charge in [0.25, 0.3) is 0 Å². The summed E-state index contributed by atoms with van der Waals surface area (Å²) < 4.78 is 10.9. The van der Waals surface area contributed by atoms with Crippen molar-refractivity contribution in [2.45, 2.75) is 39.0 Å². The Morgan fingerprint density at radius 3 is 2.58 bits per heavy atom. The molecule has 2 fully saturated rings. The number of fused-ring (bicyclic) bond motifs is 1. The van der Waals surface area contributed by atoms with Crippen LogP contribution in [0, 0.1) is 0 Å². The summed E-state index contributed by atoms with van der Waals surface area (Å²) in [4.78, 5) is 27.6. The normalized spacial score (nSPS) is 23.4. The van der Waals surface area contributed by atoms with Crippen LogP contribution in [-0.4, -0.2) is 66.8 Å². The Morgan fingerprint density at radius 1 is 1.26 bits per heavy atom. The van der Waals surface area contributed by atoms with Gasteiger partial charge < -0.3 is 19.3 Å². The van der Waals surface area contributed by atoms with Crippen molar-refractivity contribution in [3.05, 3.63) is 0 Å². The average molecular weight is 270 g/mol. The third kappa shape index (κ3) is 3.06. The fourth-order valence-corrected chi connectivity index (χ4v) is 2.72. The summed E-state index contributed by atoms with van der Waals surface area (Å²) in [5, 5.41) is 0. The first-order valence-electron chi connectivity index (χ1n) is 6.98. The summed E-state index contributed by atoms with van der Waals surface area (Å²) in [5.74, 6) is 0.0651. The van der Waals surface area contributed by atoms with Crippen molar-refractivity contribution >= 4 is 11.8 Å². The molecule has 0 aromatic carbocycles. The number of hydrogen-bond donors (Lipinski definition) is 0. The molecule has 2 aliphatic heterocycles. The molecule has 19 heavy (non-hydrogen) atoms. The molecule has 0 aliphatic carbocycles. The van der Waals surface area contributed by atoms with Crippen molar-refractivity contribution in [3.8, 4) is 0 Å². The maximum Gasteiger partial charge on any atom is 0.246 e. The summed E-state index contributed by atoms with van der Waals surface area (Å²) in [5.41, 5.74) is 0. The molecule has 2 rings (SSSR count). The van der Waals surface area contributed by atoms with E-state index in [0.717, 1.165) is 12.8 Å². The number of nitrogens with zero attached hydrogens (tertiary/aromatic N) is 2. The Bertz CT molecular complexity index is 342. The summed E-state index contributed by atoms with van der Waals surface area (Å²) in [6.45, 7) is 6.00. The zero-order valence-electron chi connectivity index (χ0n) is 11.6. The first kappa shape index (κ1) is 14.3. The van der Waals surface area contributed by atoms with Crippen molar-refractivity contribution in [3.63, 3.8) is 0 Å². The predicted octanol–water partition coefficient (Wildman–Crippen LogP) is 0.219. The van der Waals surface area contributed by atoms with Gasteiger partial charge in [-0.1, -0.05) is 0 Å². The van der Waals surface area contributed by atoms with Gasteiger partial charge in [-0.15, -0.1) is 0 Å². The molecule has 108 valence electrons. The van der Waals surface area contributed by atoms with Crippen LogP contribution in [0.3, 0.4) is 0 Å². The highest BCUT2D eigenvalue weighted by Gasteiger charge is 2.42. The smallest absolute Gasteiger partial charge is 0.246 e. The van der Waals surface area contributed by atoms with Crippen LogP contribution >= 0.6 is 0 Å². The van der Waals surface area contributed by atoms with E-state index >= 15 is 0 Å². The fourth-order valence-electron chi connectivity index (χ4n) is 2.72. The number of rotatable bonds is 6. The Kier molecular flexibility index (Phi) is 4.76. The summed E-state index contributed by atoms with van der Waals surface area (Å²) in [6, 6.07) is -0.259. The van der Waals surface area contributed by atoms with E-state index < -0.39 is 6.29 Å². The molecule has 0 aromatic rings. The summed E-state index contributed by atoms with van der Waals surface area (Å²) >= 11 is 0. The van der Waals surface area contributed by atoms with Crippen LogP contribution in [0.5, 0.6) is 0 Å². The molecule has 0 aromatic heterocycles. The molecule has 1 atom stereocenters. The number of carbonyl (C=O) groups excluding carboxylic acids is 2. The fraction of sp³-hybridized carbons (Fsp3) is 0.846. The lowest BCUT2D eigenvalue weighted by Crippen LogP contribution is -2.58. The van der Waals surface area contributed by atoms with Crippen molar-refractivity contribution in [2.24, 2.45) is 0 Å². The third-order valence-corrected chi connectivity index (χ3v) is 3.57. The van der Waals surface area contributed by atoms with Gasteiger partial charge in [0.1, 0.15) is 12.6 Å². The van der Waals surface area contributed by atoms with Gasteiger partial charge in [0.15, 0.2) is 6.29 Å². The van der Waals surface area contributed by atoms with Crippen LogP contribution in [0.2, 0.25) is 0 Å². The molecule has 0 radical (unpaired) electrons. The molecule has 0 spiro atoms. The number of carbonyl (C=O) groups is 2. The topological polar surface area (TPSA) is 59.1 Å². The lowest BCUT2D eigenvalue weighted by Gasteiger charge is -2.37. The molecule has 2 aliphatic rings. The van der Waals surface area contributed by atoms with E-state index in [4.69, 9.17) is 9.47 Å². The third-order valence-electron chi connectivity index (χ3n) is 3.57. The van der Waals surface area contributed by atoms with Crippen LogP contribution in [0.25, 0.3) is 0 Å². The van der Waals surface area contributed by atoms with Crippen molar-refractivity contribution < 1.29 is 19.1 Å². The molecule has 2 heterocycles. The second-order valence-electron chi connectivity index (χ2n) is 4.80. The van der Waals surface area contributed by atoms with Gasteiger partial charge in [-0.05, 0) is 26.7 Å². The average Bonchev–Trinajstić information content (AvgIpc) is 2.86. The Hall–Kier alpha value is -1.14. The highest BCUT2D eigenvalue weighted by Crippen LogP contribution is 2.23. The highest BCUT2D eigenvalue weighted by molar-refractivity contribution is 5.95. The van der Waals surface area contributed by atoms with Gasteiger partial charge in [-0.2, -0.15) is 0 Å². The van der Waals surface area contributed by atoms with Crippen LogP contribution in [0.1, 0.15) is 26.7 Å². The molecule has 0 saturated carbocycles. The van der Waals surface area contributed by atoms with E-state index in [0.29, 0.717) is 26.3 Å². The lowest BCUT2D eigenvalue weighted by molar-refractivity contribution is -0.170. The number of amides is 2. The first-order chi connectivity index (χ1) is 9.17. The van der Waals surface area contributed by atoms with E-state index in [2.05, 4.69) is 0 Å². The Balaban J connectivity index is 1.99. The Labute approximate surface area is 113 Å². The SMILES string of the molecule is CCOC(CN1CC(=O)N2CCCC2C1=O)OCC.